The average Bonchev–Trinajstić information content (AvgIpc) is 2.67. The van der Waals surface area contributed by atoms with E-state index in [4.69, 9.17) is 11.6 Å². The summed E-state index contributed by atoms with van der Waals surface area (Å²) < 4.78 is 13.8. The molecule has 1 amide bonds. The minimum absolute atomic E-state index is 0.0167. The van der Waals surface area contributed by atoms with Crippen LogP contribution in [0.2, 0.25) is 5.15 Å². The molecule has 1 aliphatic heterocycles. The molecule has 0 fully saturated rings. The van der Waals surface area contributed by atoms with Gasteiger partial charge in [-0.2, -0.15) is 5.10 Å². The predicted molar refractivity (Wildman–Crippen MR) is 76.7 cm³/mol. The van der Waals surface area contributed by atoms with Crippen LogP contribution < -0.4 is 4.90 Å². The van der Waals surface area contributed by atoms with Crippen molar-refractivity contribution in [3.63, 3.8) is 0 Å². The molecule has 0 saturated heterocycles. The maximum absolute atomic E-state index is 13.7. The second-order valence-electron chi connectivity index (χ2n) is 4.35. The monoisotopic (exact) mass is 369 g/mol. The van der Waals surface area contributed by atoms with E-state index in [-0.39, 0.29) is 27.4 Å². The number of halogens is 3. The van der Waals surface area contributed by atoms with Crippen molar-refractivity contribution in [2.45, 2.75) is 6.54 Å². The van der Waals surface area contributed by atoms with Gasteiger partial charge in [-0.3, -0.25) is 14.5 Å². The van der Waals surface area contributed by atoms with Crippen LogP contribution in [-0.4, -0.2) is 21.9 Å². The quantitative estimate of drug-likeness (QED) is 0.763. The van der Waals surface area contributed by atoms with Crippen LogP contribution in [0.25, 0.3) is 0 Å². The zero-order chi connectivity index (χ0) is 15.1. The second kappa shape index (κ2) is 5.16. The van der Waals surface area contributed by atoms with E-state index >= 15 is 0 Å². The Kier molecular flexibility index (Phi) is 3.46. The number of amides is 1. The molecular formula is C13H6BrClFN3O2. The Bertz CT molecular complexity index is 767. The van der Waals surface area contributed by atoms with E-state index in [1.165, 1.54) is 17.0 Å². The average molecular weight is 371 g/mol. The largest absolute Gasteiger partial charge is 0.299 e. The molecule has 5 nitrogen and oxygen atoms in total. The normalized spacial score (nSPS) is 13.8. The number of carbonyl (C=O) groups excluding carboxylic acids is 2. The summed E-state index contributed by atoms with van der Waals surface area (Å²) in [5.41, 5.74) is 0.828. The lowest BCUT2D eigenvalue weighted by Crippen LogP contribution is -2.29. The standard InChI is InChI=1S/C13H6BrClFN3O2/c14-8-3-7-10(4-9(8)16)19(13(21)12(7)20)5-6-1-2-11(15)18-17-6/h1-4H,5H2. The summed E-state index contributed by atoms with van der Waals surface area (Å²) in [7, 11) is 0. The number of anilines is 1. The van der Waals surface area contributed by atoms with Crippen LogP contribution in [0, 0.1) is 5.82 Å². The summed E-state index contributed by atoms with van der Waals surface area (Å²) in [6.07, 6.45) is 0. The molecule has 2 aromatic rings. The molecule has 0 N–H and O–H groups in total. The highest BCUT2D eigenvalue weighted by atomic mass is 79.9. The Morgan fingerprint density at radius 1 is 1.24 bits per heavy atom. The number of fused-ring (bicyclic) bond motifs is 1. The summed E-state index contributed by atoms with van der Waals surface area (Å²) in [5, 5.41) is 7.71. The lowest BCUT2D eigenvalue weighted by atomic mass is 10.1. The van der Waals surface area contributed by atoms with Gasteiger partial charge in [0.1, 0.15) is 5.82 Å². The van der Waals surface area contributed by atoms with Crippen LogP contribution in [0.5, 0.6) is 0 Å². The van der Waals surface area contributed by atoms with Gasteiger partial charge in [0.15, 0.2) is 5.15 Å². The smallest absolute Gasteiger partial charge is 0.299 e. The first-order chi connectivity index (χ1) is 9.97. The van der Waals surface area contributed by atoms with Gasteiger partial charge in [0.2, 0.25) is 0 Å². The highest BCUT2D eigenvalue weighted by molar-refractivity contribution is 9.10. The maximum Gasteiger partial charge on any atom is 0.299 e. The molecule has 106 valence electrons. The molecule has 0 atom stereocenters. The number of aromatic nitrogens is 2. The lowest BCUT2D eigenvalue weighted by molar-refractivity contribution is -0.114. The molecule has 0 unspecified atom stereocenters. The van der Waals surface area contributed by atoms with E-state index in [1.54, 1.807) is 6.07 Å². The van der Waals surface area contributed by atoms with E-state index < -0.39 is 17.5 Å². The van der Waals surface area contributed by atoms with E-state index in [2.05, 4.69) is 26.1 Å². The van der Waals surface area contributed by atoms with Crippen LogP contribution >= 0.6 is 27.5 Å². The van der Waals surface area contributed by atoms with Crippen molar-refractivity contribution in [1.82, 2.24) is 10.2 Å². The van der Waals surface area contributed by atoms with Crippen LogP contribution in [0.1, 0.15) is 16.1 Å². The molecule has 0 saturated carbocycles. The van der Waals surface area contributed by atoms with Gasteiger partial charge in [0, 0.05) is 0 Å². The van der Waals surface area contributed by atoms with Gasteiger partial charge in [-0.15, -0.1) is 5.10 Å². The van der Waals surface area contributed by atoms with Gasteiger partial charge in [-0.1, -0.05) is 11.6 Å². The van der Waals surface area contributed by atoms with Crippen LogP contribution in [0.4, 0.5) is 10.1 Å². The Morgan fingerprint density at radius 2 is 2.00 bits per heavy atom. The van der Waals surface area contributed by atoms with Crippen LogP contribution in [-0.2, 0) is 11.3 Å². The third-order valence-corrected chi connectivity index (χ3v) is 3.83. The number of Topliss-reactive ketones (excluding diaryl/α,β-unsaturated/α-hetero) is 1. The first kappa shape index (κ1) is 14.1. The summed E-state index contributed by atoms with van der Waals surface area (Å²) in [5.74, 6) is -1.95. The molecule has 0 radical (unpaired) electrons. The van der Waals surface area contributed by atoms with Crippen molar-refractivity contribution in [1.29, 1.82) is 0 Å². The topological polar surface area (TPSA) is 63.2 Å². The highest BCUT2D eigenvalue weighted by Gasteiger charge is 2.37. The molecule has 1 aromatic carbocycles. The van der Waals surface area contributed by atoms with Crippen molar-refractivity contribution in [3.05, 3.63) is 51.0 Å². The second-order valence-corrected chi connectivity index (χ2v) is 5.59. The van der Waals surface area contributed by atoms with Crippen molar-refractivity contribution in [3.8, 4) is 0 Å². The van der Waals surface area contributed by atoms with E-state index in [0.29, 0.717) is 5.69 Å². The Labute approximate surface area is 131 Å². The summed E-state index contributed by atoms with van der Waals surface area (Å²) in [6.45, 7) is 0.0167. The molecule has 2 heterocycles. The molecule has 0 aliphatic carbocycles. The predicted octanol–water partition coefficient (Wildman–Crippen LogP) is 2.76. The fourth-order valence-corrected chi connectivity index (χ4v) is 2.48. The molecule has 1 aromatic heterocycles. The van der Waals surface area contributed by atoms with Gasteiger partial charge in [-0.05, 0) is 40.2 Å². The number of hydrogen-bond donors (Lipinski definition) is 0. The molecule has 1 aliphatic rings. The Morgan fingerprint density at radius 3 is 2.67 bits per heavy atom. The third-order valence-electron chi connectivity index (χ3n) is 3.02. The van der Waals surface area contributed by atoms with Crippen molar-refractivity contribution >= 4 is 44.9 Å². The minimum atomic E-state index is -0.723. The maximum atomic E-state index is 13.7. The zero-order valence-electron chi connectivity index (χ0n) is 10.3. The van der Waals surface area contributed by atoms with Crippen LogP contribution in [0.15, 0.2) is 28.7 Å². The van der Waals surface area contributed by atoms with E-state index in [1.807, 2.05) is 0 Å². The van der Waals surface area contributed by atoms with Gasteiger partial charge in [0.05, 0.1) is 28.0 Å². The number of rotatable bonds is 2. The number of carbonyl (C=O) groups is 2. The Hall–Kier alpha value is -1.86. The summed E-state index contributed by atoms with van der Waals surface area (Å²) in [6, 6.07) is 5.56. The fraction of sp³-hybridized carbons (Fsp3) is 0.0769. The molecule has 3 rings (SSSR count). The van der Waals surface area contributed by atoms with Crippen molar-refractivity contribution in [2.75, 3.05) is 4.90 Å². The van der Waals surface area contributed by atoms with E-state index in [0.717, 1.165) is 6.07 Å². The first-order valence-corrected chi connectivity index (χ1v) is 6.98. The molecule has 21 heavy (non-hydrogen) atoms. The number of hydrogen-bond acceptors (Lipinski definition) is 4. The molecule has 0 bridgehead atoms. The van der Waals surface area contributed by atoms with Crippen LogP contribution in [0.3, 0.4) is 0 Å². The van der Waals surface area contributed by atoms with Gasteiger partial charge in [-0.25, -0.2) is 4.39 Å². The van der Waals surface area contributed by atoms with Crippen molar-refractivity contribution < 1.29 is 14.0 Å². The summed E-state index contributed by atoms with van der Waals surface area (Å²) >= 11 is 8.63. The number of ketones is 1. The first-order valence-electron chi connectivity index (χ1n) is 5.80. The molecular weight excluding hydrogens is 365 g/mol. The van der Waals surface area contributed by atoms with Crippen molar-refractivity contribution in [2.24, 2.45) is 0 Å². The molecule has 8 heteroatoms. The van der Waals surface area contributed by atoms with Gasteiger partial charge < -0.3 is 0 Å². The SMILES string of the molecule is O=C1C(=O)N(Cc2ccc(Cl)nn2)c2cc(F)c(Br)cc21. The van der Waals surface area contributed by atoms with Gasteiger partial charge >= 0.3 is 0 Å². The summed E-state index contributed by atoms with van der Waals surface area (Å²) in [4.78, 5) is 25.1. The van der Waals surface area contributed by atoms with E-state index in [9.17, 15) is 14.0 Å². The zero-order valence-corrected chi connectivity index (χ0v) is 12.7. The molecule has 0 spiro atoms. The Balaban J connectivity index is 2.01. The lowest BCUT2D eigenvalue weighted by Gasteiger charge is -2.15. The highest BCUT2D eigenvalue weighted by Crippen LogP contribution is 2.34. The van der Waals surface area contributed by atoms with Gasteiger partial charge in [0.25, 0.3) is 11.7 Å². The number of benzene rings is 1. The fourth-order valence-electron chi connectivity index (χ4n) is 2.04. The number of nitrogens with zero attached hydrogens (tertiary/aromatic N) is 3. The minimum Gasteiger partial charge on any atom is -0.299 e. The third kappa shape index (κ3) is 2.43.